The van der Waals surface area contributed by atoms with E-state index in [4.69, 9.17) is 17.4 Å². The zero-order valence-corrected chi connectivity index (χ0v) is 11.6. The molecule has 2 unspecified atom stereocenters. The number of hydrogen-bond donors (Lipinski definition) is 2. The van der Waals surface area contributed by atoms with Gasteiger partial charge < -0.3 is 0 Å². The molecule has 0 saturated carbocycles. The molecule has 0 amide bonds. The summed E-state index contributed by atoms with van der Waals surface area (Å²) in [5.74, 6) is 8.62. The number of hydrogen-bond acceptors (Lipinski definition) is 4. The monoisotopic (exact) mass is 274 g/mol. The van der Waals surface area contributed by atoms with Crippen LogP contribution in [0.5, 0.6) is 0 Å². The van der Waals surface area contributed by atoms with E-state index < -0.39 is 0 Å². The number of rotatable bonds is 5. The highest BCUT2D eigenvalue weighted by Crippen LogP contribution is 2.36. The first-order valence-electron chi connectivity index (χ1n) is 6.03. The average Bonchev–Trinajstić information content (AvgIpc) is 2.94. The molecule has 1 aromatic rings. The van der Waals surface area contributed by atoms with Crippen molar-refractivity contribution in [2.24, 2.45) is 11.8 Å². The Balaban J connectivity index is 2.25. The van der Waals surface area contributed by atoms with Gasteiger partial charge in [0.1, 0.15) is 0 Å². The molecule has 3 N–H and O–H groups in total. The number of nitrogens with zero attached hydrogens (tertiary/aromatic N) is 2. The number of aryl methyl sites for hydroxylation is 1. The second-order valence-electron chi connectivity index (χ2n) is 4.37. The van der Waals surface area contributed by atoms with E-state index in [-0.39, 0.29) is 6.04 Å². The highest BCUT2D eigenvalue weighted by atomic mass is 35.5. The summed E-state index contributed by atoms with van der Waals surface area (Å²) >= 11 is 8.23. The van der Waals surface area contributed by atoms with Gasteiger partial charge in [0.05, 0.1) is 23.0 Å². The fourth-order valence-electron chi connectivity index (χ4n) is 2.33. The number of halogens is 1. The second kappa shape index (κ2) is 6.09. The topological polar surface area (TPSA) is 55.9 Å². The van der Waals surface area contributed by atoms with E-state index in [0.29, 0.717) is 5.92 Å². The van der Waals surface area contributed by atoms with Gasteiger partial charge in [0, 0.05) is 6.54 Å². The molecule has 4 nitrogen and oxygen atoms in total. The van der Waals surface area contributed by atoms with Crippen LogP contribution in [0.2, 0.25) is 5.02 Å². The molecule has 1 aliphatic rings. The SMILES string of the molecule is CCCn1ncc(Cl)c1C(NN)C1CCSC1. The van der Waals surface area contributed by atoms with Gasteiger partial charge in [0.2, 0.25) is 0 Å². The molecule has 17 heavy (non-hydrogen) atoms. The van der Waals surface area contributed by atoms with E-state index >= 15 is 0 Å². The second-order valence-corrected chi connectivity index (χ2v) is 5.93. The molecular weight excluding hydrogens is 256 g/mol. The zero-order chi connectivity index (χ0) is 12.3. The first-order chi connectivity index (χ1) is 8.27. The van der Waals surface area contributed by atoms with Crippen LogP contribution in [0, 0.1) is 5.92 Å². The van der Waals surface area contributed by atoms with Crippen LogP contribution in [0.4, 0.5) is 0 Å². The van der Waals surface area contributed by atoms with Crippen LogP contribution in [0.25, 0.3) is 0 Å². The molecule has 2 atom stereocenters. The zero-order valence-electron chi connectivity index (χ0n) is 10.0. The van der Waals surface area contributed by atoms with Crippen molar-refractivity contribution < 1.29 is 0 Å². The molecule has 96 valence electrons. The van der Waals surface area contributed by atoms with Gasteiger partial charge in [-0.1, -0.05) is 18.5 Å². The molecule has 0 radical (unpaired) electrons. The van der Waals surface area contributed by atoms with E-state index in [9.17, 15) is 0 Å². The van der Waals surface area contributed by atoms with E-state index in [1.54, 1.807) is 6.20 Å². The minimum absolute atomic E-state index is 0.117. The Morgan fingerprint density at radius 3 is 3.18 bits per heavy atom. The fraction of sp³-hybridized carbons (Fsp3) is 0.727. The Morgan fingerprint density at radius 2 is 2.59 bits per heavy atom. The number of aromatic nitrogens is 2. The summed E-state index contributed by atoms with van der Waals surface area (Å²) in [6.07, 6.45) is 3.95. The summed E-state index contributed by atoms with van der Waals surface area (Å²) in [4.78, 5) is 0. The van der Waals surface area contributed by atoms with E-state index in [2.05, 4.69) is 17.4 Å². The molecule has 1 aromatic heterocycles. The Bertz CT molecular complexity index is 362. The smallest absolute Gasteiger partial charge is 0.0834 e. The maximum absolute atomic E-state index is 6.25. The van der Waals surface area contributed by atoms with Gasteiger partial charge in [0.25, 0.3) is 0 Å². The maximum atomic E-state index is 6.25. The first-order valence-corrected chi connectivity index (χ1v) is 7.56. The molecule has 0 aliphatic carbocycles. The van der Waals surface area contributed by atoms with Crippen LogP contribution in [0.3, 0.4) is 0 Å². The van der Waals surface area contributed by atoms with Crippen molar-refractivity contribution in [3.8, 4) is 0 Å². The molecule has 2 rings (SSSR count). The van der Waals surface area contributed by atoms with Gasteiger partial charge in [-0.15, -0.1) is 0 Å². The van der Waals surface area contributed by atoms with Gasteiger partial charge in [-0.2, -0.15) is 16.9 Å². The summed E-state index contributed by atoms with van der Waals surface area (Å²) in [7, 11) is 0. The minimum atomic E-state index is 0.117. The van der Waals surface area contributed by atoms with Crippen LogP contribution >= 0.6 is 23.4 Å². The van der Waals surface area contributed by atoms with Crippen molar-refractivity contribution in [2.75, 3.05) is 11.5 Å². The lowest BCUT2D eigenvalue weighted by Crippen LogP contribution is -2.35. The molecule has 1 aliphatic heterocycles. The number of hydrazine groups is 1. The van der Waals surface area contributed by atoms with Crippen LogP contribution < -0.4 is 11.3 Å². The van der Waals surface area contributed by atoms with Gasteiger partial charge >= 0.3 is 0 Å². The number of nitrogens with two attached hydrogens (primary N) is 1. The van der Waals surface area contributed by atoms with E-state index in [1.165, 1.54) is 12.2 Å². The van der Waals surface area contributed by atoms with Crippen molar-refractivity contribution in [3.63, 3.8) is 0 Å². The van der Waals surface area contributed by atoms with Gasteiger partial charge in [-0.05, 0) is 30.3 Å². The lowest BCUT2D eigenvalue weighted by atomic mass is 9.97. The molecule has 2 heterocycles. The molecular formula is C11H19ClN4S. The Labute approximate surface area is 111 Å². The largest absolute Gasteiger partial charge is 0.271 e. The lowest BCUT2D eigenvalue weighted by Gasteiger charge is -2.23. The molecule has 1 saturated heterocycles. The summed E-state index contributed by atoms with van der Waals surface area (Å²) in [5, 5.41) is 5.05. The highest BCUT2D eigenvalue weighted by Gasteiger charge is 2.30. The van der Waals surface area contributed by atoms with Crippen LogP contribution in [-0.4, -0.2) is 21.3 Å². The van der Waals surface area contributed by atoms with Crippen molar-refractivity contribution in [1.29, 1.82) is 0 Å². The summed E-state index contributed by atoms with van der Waals surface area (Å²) in [5.41, 5.74) is 3.97. The van der Waals surface area contributed by atoms with Crippen molar-refractivity contribution in [2.45, 2.75) is 32.4 Å². The van der Waals surface area contributed by atoms with Gasteiger partial charge in [-0.25, -0.2) is 0 Å². The van der Waals surface area contributed by atoms with Crippen LogP contribution in [-0.2, 0) is 6.54 Å². The summed E-state index contributed by atoms with van der Waals surface area (Å²) < 4.78 is 1.98. The molecule has 0 bridgehead atoms. The summed E-state index contributed by atoms with van der Waals surface area (Å²) in [6, 6.07) is 0.117. The van der Waals surface area contributed by atoms with Crippen LogP contribution in [0.15, 0.2) is 6.20 Å². The number of nitrogens with one attached hydrogen (secondary N) is 1. The summed E-state index contributed by atoms with van der Waals surface area (Å²) in [6.45, 7) is 3.02. The predicted octanol–water partition coefficient (Wildman–Crippen LogP) is 2.20. The Kier molecular flexibility index (Phi) is 4.73. The van der Waals surface area contributed by atoms with Gasteiger partial charge in [-0.3, -0.25) is 16.0 Å². The normalized spacial score (nSPS) is 21.9. The van der Waals surface area contributed by atoms with Crippen molar-refractivity contribution in [1.82, 2.24) is 15.2 Å². The minimum Gasteiger partial charge on any atom is -0.271 e. The van der Waals surface area contributed by atoms with Crippen LogP contribution in [0.1, 0.15) is 31.5 Å². The fourth-order valence-corrected chi connectivity index (χ4v) is 3.88. The molecule has 1 fully saturated rings. The Hall–Kier alpha value is -0.230. The van der Waals surface area contributed by atoms with Gasteiger partial charge in [0.15, 0.2) is 0 Å². The molecule has 6 heteroatoms. The highest BCUT2D eigenvalue weighted by molar-refractivity contribution is 7.99. The van der Waals surface area contributed by atoms with Crippen molar-refractivity contribution >= 4 is 23.4 Å². The van der Waals surface area contributed by atoms with E-state index in [1.807, 2.05) is 16.4 Å². The molecule has 0 aromatic carbocycles. The third kappa shape index (κ3) is 2.78. The maximum Gasteiger partial charge on any atom is 0.0834 e. The quantitative estimate of drug-likeness (QED) is 0.638. The average molecular weight is 275 g/mol. The molecule has 0 spiro atoms. The van der Waals surface area contributed by atoms with E-state index in [0.717, 1.165) is 29.4 Å². The third-order valence-corrected chi connectivity index (χ3v) is 4.66. The Morgan fingerprint density at radius 1 is 1.76 bits per heavy atom. The third-order valence-electron chi connectivity index (χ3n) is 3.18. The first kappa shape index (κ1) is 13.2. The standard InChI is InChI=1S/C11H19ClN4S/c1-2-4-16-11(9(12)6-14-16)10(15-13)8-3-5-17-7-8/h6,8,10,15H,2-5,7,13H2,1H3. The number of thioether (sulfide) groups is 1. The lowest BCUT2D eigenvalue weighted by molar-refractivity contribution is 0.371. The predicted molar refractivity (Wildman–Crippen MR) is 73.0 cm³/mol. The van der Waals surface area contributed by atoms with Crippen molar-refractivity contribution in [3.05, 3.63) is 16.9 Å².